The SMILES string of the molecule is Cc1cnn(CC2CCN(CCCCCCCCCC(=O)C(C)C)CC2)c1. The largest absolute Gasteiger partial charge is 0.303 e. The molecule has 4 nitrogen and oxygen atoms in total. The third kappa shape index (κ3) is 9.05. The zero-order chi connectivity index (χ0) is 19.5. The lowest BCUT2D eigenvalue weighted by Crippen LogP contribution is -2.35. The Morgan fingerprint density at radius 3 is 2.30 bits per heavy atom. The monoisotopic (exact) mass is 375 g/mol. The van der Waals surface area contributed by atoms with Gasteiger partial charge in [-0.3, -0.25) is 9.48 Å². The number of likely N-dealkylation sites (tertiary alicyclic amines) is 1. The highest BCUT2D eigenvalue weighted by atomic mass is 16.1. The molecule has 1 fully saturated rings. The number of aryl methyl sites for hydroxylation is 1. The van der Waals surface area contributed by atoms with E-state index in [-0.39, 0.29) is 5.92 Å². The van der Waals surface area contributed by atoms with E-state index >= 15 is 0 Å². The summed E-state index contributed by atoms with van der Waals surface area (Å²) >= 11 is 0. The molecule has 0 bridgehead atoms. The van der Waals surface area contributed by atoms with Crippen LogP contribution >= 0.6 is 0 Å². The Labute approximate surface area is 166 Å². The van der Waals surface area contributed by atoms with Crippen LogP contribution in [0.2, 0.25) is 0 Å². The molecule has 0 unspecified atom stereocenters. The Bertz CT molecular complexity index is 529. The van der Waals surface area contributed by atoms with Gasteiger partial charge in [0.15, 0.2) is 0 Å². The predicted octanol–water partition coefficient (Wildman–Crippen LogP) is 5.25. The number of piperidine rings is 1. The maximum atomic E-state index is 11.6. The number of rotatable bonds is 13. The lowest BCUT2D eigenvalue weighted by molar-refractivity contribution is -0.122. The number of ketones is 1. The minimum atomic E-state index is 0.213. The average Bonchev–Trinajstić information content (AvgIpc) is 3.06. The van der Waals surface area contributed by atoms with Gasteiger partial charge in [-0.05, 0) is 63.7 Å². The molecule has 0 spiro atoms. The number of Topliss-reactive ketones (excluding diaryl/α,β-unsaturated/α-hetero) is 1. The van der Waals surface area contributed by atoms with Gasteiger partial charge in [0.1, 0.15) is 5.78 Å². The molecule has 1 saturated heterocycles. The molecule has 2 rings (SSSR count). The van der Waals surface area contributed by atoms with Gasteiger partial charge in [-0.2, -0.15) is 5.10 Å². The minimum absolute atomic E-state index is 0.213. The first-order valence-corrected chi connectivity index (χ1v) is 11.3. The standard InChI is InChI=1S/C23H41N3O/c1-20(2)23(27)11-9-7-5-4-6-8-10-14-25-15-12-22(13-16-25)19-26-18-21(3)17-24-26/h17-18,20,22H,4-16,19H2,1-3H3. The van der Waals surface area contributed by atoms with Gasteiger partial charge in [-0.25, -0.2) is 0 Å². The van der Waals surface area contributed by atoms with Crippen molar-refractivity contribution in [2.45, 2.75) is 91.5 Å². The molecule has 154 valence electrons. The van der Waals surface area contributed by atoms with Crippen LogP contribution in [0.4, 0.5) is 0 Å². The molecule has 1 aromatic rings. The molecule has 0 aromatic carbocycles. The lowest BCUT2D eigenvalue weighted by Gasteiger charge is -2.31. The first-order chi connectivity index (χ1) is 13.0. The number of carbonyl (C=O) groups is 1. The van der Waals surface area contributed by atoms with Crippen LogP contribution in [-0.2, 0) is 11.3 Å². The topological polar surface area (TPSA) is 38.1 Å². The summed E-state index contributed by atoms with van der Waals surface area (Å²) in [5.74, 6) is 1.44. The summed E-state index contributed by atoms with van der Waals surface area (Å²) in [6.45, 7) is 11.0. The summed E-state index contributed by atoms with van der Waals surface area (Å²) in [4.78, 5) is 14.2. The predicted molar refractivity (Wildman–Crippen MR) is 113 cm³/mol. The zero-order valence-electron chi connectivity index (χ0n) is 18.0. The van der Waals surface area contributed by atoms with E-state index in [1.54, 1.807) is 0 Å². The summed E-state index contributed by atoms with van der Waals surface area (Å²) in [6.07, 6.45) is 16.5. The Hall–Kier alpha value is -1.16. The second-order valence-corrected chi connectivity index (χ2v) is 8.87. The molecule has 1 aliphatic heterocycles. The lowest BCUT2D eigenvalue weighted by atomic mass is 9.96. The van der Waals surface area contributed by atoms with E-state index in [2.05, 4.69) is 27.8 Å². The van der Waals surface area contributed by atoms with Gasteiger partial charge in [0, 0.05) is 25.1 Å². The van der Waals surface area contributed by atoms with Crippen molar-refractivity contribution in [1.29, 1.82) is 0 Å². The smallest absolute Gasteiger partial charge is 0.135 e. The number of hydrogen-bond acceptors (Lipinski definition) is 3. The number of hydrogen-bond donors (Lipinski definition) is 0. The quantitative estimate of drug-likeness (QED) is 0.442. The van der Waals surface area contributed by atoms with Gasteiger partial charge >= 0.3 is 0 Å². The van der Waals surface area contributed by atoms with Crippen molar-refractivity contribution < 1.29 is 4.79 Å². The van der Waals surface area contributed by atoms with Crippen molar-refractivity contribution in [3.8, 4) is 0 Å². The molecule has 0 N–H and O–H groups in total. The number of nitrogens with zero attached hydrogens (tertiary/aromatic N) is 3. The van der Waals surface area contributed by atoms with Crippen molar-refractivity contribution >= 4 is 5.78 Å². The van der Waals surface area contributed by atoms with Crippen LogP contribution in [-0.4, -0.2) is 40.1 Å². The first kappa shape index (κ1) is 22.1. The molecule has 1 aliphatic rings. The third-order valence-electron chi connectivity index (χ3n) is 5.96. The molecular formula is C23H41N3O. The summed E-state index contributed by atoms with van der Waals surface area (Å²) in [7, 11) is 0. The molecule has 2 heterocycles. The first-order valence-electron chi connectivity index (χ1n) is 11.3. The van der Waals surface area contributed by atoms with Crippen LogP contribution in [0.15, 0.2) is 12.4 Å². The van der Waals surface area contributed by atoms with E-state index in [0.717, 1.165) is 25.3 Å². The number of unbranched alkanes of at least 4 members (excludes halogenated alkanes) is 6. The Morgan fingerprint density at radius 1 is 1.07 bits per heavy atom. The Balaban J connectivity index is 1.41. The minimum Gasteiger partial charge on any atom is -0.303 e. The molecule has 0 saturated carbocycles. The van der Waals surface area contributed by atoms with Crippen LogP contribution in [0.5, 0.6) is 0 Å². The maximum Gasteiger partial charge on any atom is 0.135 e. The molecular weight excluding hydrogens is 334 g/mol. The van der Waals surface area contributed by atoms with E-state index in [0.29, 0.717) is 5.78 Å². The fourth-order valence-electron chi connectivity index (χ4n) is 4.03. The summed E-state index contributed by atoms with van der Waals surface area (Å²) < 4.78 is 2.12. The van der Waals surface area contributed by atoms with Crippen LogP contribution in [0, 0.1) is 18.8 Å². The highest BCUT2D eigenvalue weighted by Gasteiger charge is 2.19. The summed E-state index contributed by atoms with van der Waals surface area (Å²) in [5.41, 5.74) is 1.26. The van der Waals surface area contributed by atoms with E-state index in [1.165, 1.54) is 76.6 Å². The van der Waals surface area contributed by atoms with E-state index in [9.17, 15) is 4.79 Å². The Kier molecular flexibility index (Phi) is 10.1. The van der Waals surface area contributed by atoms with E-state index < -0.39 is 0 Å². The van der Waals surface area contributed by atoms with Crippen LogP contribution in [0.25, 0.3) is 0 Å². The van der Waals surface area contributed by atoms with Crippen molar-refractivity contribution in [2.24, 2.45) is 11.8 Å². The highest BCUT2D eigenvalue weighted by molar-refractivity contribution is 5.80. The van der Waals surface area contributed by atoms with Crippen molar-refractivity contribution in [3.63, 3.8) is 0 Å². The average molecular weight is 376 g/mol. The normalized spacial score (nSPS) is 16.3. The van der Waals surface area contributed by atoms with E-state index in [1.807, 2.05) is 20.0 Å². The van der Waals surface area contributed by atoms with Crippen LogP contribution in [0.3, 0.4) is 0 Å². The molecule has 0 atom stereocenters. The van der Waals surface area contributed by atoms with Gasteiger partial charge in [0.25, 0.3) is 0 Å². The fraction of sp³-hybridized carbons (Fsp3) is 0.826. The molecule has 27 heavy (non-hydrogen) atoms. The second kappa shape index (κ2) is 12.3. The van der Waals surface area contributed by atoms with Gasteiger partial charge in [0.05, 0.1) is 6.20 Å². The second-order valence-electron chi connectivity index (χ2n) is 8.87. The maximum absolute atomic E-state index is 11.6. The summed E-state index contributed by atoms with van der Waals surface area (Å²) in [6, 6.07) is 0. The van der Waals surface area contributed by atoms with Crippen molar-refractivity contribution in [3.05, 3.63) is 18.0 Å². The van der Waals surface area contributed by atoms with E-state index in [4.69, 9.17) is 0 Å². The molecule has 0 aliphatic carbocycles. The summed E-state index contributed by atoms with van der Waals surface area (Å²) in [5, 5.41) is 4.43. The highest BCUT2D eigenvalue weighted by Crippen LogP contribution is 2.20. The third-order valence-corrected chi connectivity index (χ3v) is 5.96. The molecule has 4 heteroatoms. The van der Waals surface area contributed by atoms with Gasteiger partial charge in [-0.15, -0.1) is 0 Å². The van der Waals surface area contributed by atoms with Crippen LogP contribution in [0.1, 0.15) is 83.6 Å². The van der Waals surface area contributed by atoms with Crippen molar-refractivity contribution in [2.75, 3.05) is 19.6 Å². The van der Waals surface area contributed by atoms with Gasteiger partial charge < -0.3 is 4.90 Å². The number of carbonyl (C=O) groups excluding carboxylic acids is 1. The van der Waals surface area contributed by atoms with Gasteiger partial charge in [-0.1, -0.05) is 46.0 Å². The molecule has 0 radical (unpaired) electrons. The van der Waals surface area contributed by atoms with Crippen LogP contribution < -0.4 is 0 Å². The fourth-order valence-corrected chi connectivity index (χ4v) is 4.03. The van der Waals surface area contributed by atoms with Gasteiger partial charge in [0.2, 0.25) is 0 Å². The number of aromatic nitrogens is 2. The van der Waals surface area contributed by atoms with Crippen molar-refractivity contribution in [1.82, 2.24) is 14.7 Å². The molecule has 0 amide bonds. The Morgan fingerprint density at radius 2 is 1.70 bits per heavy atom. The zero-order valence-corrected chi connectivity index (χ0v) is 18.0. The molecule has 1 aromatic heterocycles.